The molecule has 3 rings (SSSR count). The lowest BCUT2D eigenvalue weighted by Crippen LogP contribution is -2.29. The van der Waals surface area contributed by atoms with Gasteiger partial charge in [0.15, 0.2) is 6.10 Å². The third kappa shape index (κ3) is 6.40. The zero-order valence-corrected chi connectivity index (χ0v) is 18.0. The van der Waals surface area contributed by atoms with Crippen LogP contribution in [0.5, 0.6) is 0 Å². The largest absolute Gasteiger partial charge is 0.449 e. The fraction of sp³-hybridized carbons (Fsp3) is 0.240. The Hall–Kier alpha value is -3.67. The van der Waals surface area contributed by atoms with Crippen molar-refractivity contribution in [1.29, 1.82) is 0 Å². The van der Waals surface area contributed by atoms with Crippen LogP contribution in [0.15, 0.2) is 73.1 Å². The SMILES string of the molecule is CC(C)c1ccccc1NC(=O)[C@H](C)OC(=O)/C=C/c1cnn(Cc2ccccc2)c1. The van der Waals surface area contributed by atoms with Crippen molar-refractivity contribution in [2.75, 3.05) is 5.32 Å². The maximum Gasteiger partial charge on any atom is 0.331 e. The van der Waals surface area contributed by atoms with Gasteiger partial charge in [-0.25, -0.2) is 4.79 Å². The van der Waals surface area contributed by atoms with Gasteiger partial charge in [0.25, 0.3) is 5.91 Å². The number of nitrogens with one attached hydrogen (secondary N) is 1. The van der Waals surface area contributed by atoms with Gasteiger partial charge in [-0.05, 0) is 36.1 Å². The van der Waals surface area contributed by atoms with Gasteiger partial charge < -0.3 is 10.1 Å². The average molecular weight is 418 g/mol. The molecule has 0 fully saturated rings. The maximum absolute atomic E-state index is 12.4. The minimum atomic E-state index is -0.918. The summed E-state index contributed by atoms with van der Waals surface area (Å²) in [4.78, 5) is 24.6. The predicted octanol–water partition coefficient (Wildman–Crippen LogP) is 4.64. The lowest BCUT2D eigenvalue weighted by atomic mass is 10.0. The minimum absolute atomic E-state index is 0.264. The van der Waals surface area contributed by atoms with Crippen molar-refractivity contribution >= 4 is 23.6 Å². The molecule has 0 aliphatic rings. The van der Waals surface area contributed by atoms with Crippen LogP contribution in [0.1, 0.15) is 43.4 Å². The van der Waals surface area contributed by atoms with Crippen LogP contribution in [-0.4, -0.2) is 27.8 Å². The Bertz CT molecular complexity index is 1050. The van der Waals surface area contributed by atoms with Crippen LogP contribution in [0.3, 0.4) is 0 Å². The van der Waals surface area contributed by atoms with Gasteiger partial charge in [-0.1, -0.05) is 62.4 Å². The Morgan fingerprint density at radius 2 is 1.77 bits per heavy atom. The van der Waals surface area contributed by atoms with Gasteiger partial charge in [-0.3, -0.25) is 9.48 Å². The Morgan fingerprint density at radius 1 is 1.06 bits per heavy atom. The van der Waals surface area contributed by atoms with Gasteiger partial charge in [0.2, 0.25) is 0 Å². The Kier molecular flexibility index (Phi) is 7.38. The highest BCUT2D eigenvalue weighted by Crippen LogP contribution is 2.23. The predicted molar refractivity (Wildman–Crippen MR) is 122 cm³/mol. The molecule has 0 radical (unpaired) electrons. The second-order valence-electron chi connectivity index (χ2n) is 7.60. The number of esters is 1. The fourth-order valence-electron chi connectivity index (χ4n) is 3.10. The Morgan fingerprint density at radius 3 is 2.52 bits per heavy atom. The van der Waals surface area contributed by atoms with E-state index >= 15 is 0 Å². The summed E-state index contributed by atoms with van der Waals surface area (Å²) in [5.41, 5.74) is 3.67. The highest BCUT2D eigenvalue weighted by atomic mass is 16.5. The minimum Gasteiger partial charge on any atom is -0.449 e. The monoisotopic (exact) mass is 417 g/mol. The summed E-state index contributed by atoms with van der Waals surface area (Å²) in [7, 11) is 0. The first-order valence-electron chi connectivity index (χ1n) is 10.3. The highest BCUT2D eigenvalue weighted by Gasteiger charge is 2.18. The molecule has 1 amide bonds. The second-order valence-corrected chi connectivity index (χ2v) is 7.60. The zero-order valence-electron chi connectivity index (χ0n) is 18.0. The Balaban J connectivity index is 1.53. The van der Waals surface area contributed by atoms with Crippen LogP contribution >= 0.6 is 0 Å². The van der Waals surface area contributed by atoms with Crippen LogP contribution in [0.25, 0.3) is 6.08 Å². The van der Waals surface area contributed by atoms with Crippen LogP contribution in [0.4, 0.5) is 5.69 Å². The van der Waals surface area contributed by atoms with Gasteiger partial charge in [-0.2, -0.15) is 5.10 Å². The molecule has 31 heavy (non-hydrogen) atoms. The second kappa shape index (κ2) is 10.4. The van der Waals surface area contributed by atoms with E-state index in [1.165, 1.54) is 6.08 Å². The molecule has 0 aliphatic heterocycles. The summed E-state index contributed by atoms with van der Waals surface area (Å²) < 4.78 is 7.04. The smallest absolute Gasteiger partial charge is 0.331 e. The number of benzene rings is 2. The first kappa shape index (κ1) is 22.0. The molecule has 0 saturated heterocycles. The maximum atomic E-state index is 12.4. The third-order valence-electron chi connectivity index (χ3n) is 4.76. The zero-order chi connectivity index (χ0) is 22.2. The number of rotatable bonds is 8. The molecule has 1 heterocycles. The fourth-order valence-corrected chi connectivity index (χ4v) is 3.10. The molecule has 0 saturated carbocycles. The van der Waals surface area contributed by atoms with E-state index in [0.717, 1.165) is 22.4 Å². The van der Waals surface area contributed by atoms with E-state index in [1.807, 2.05) is 60.8 Å². The molecule has 6 nitrogen and oxygen atoms in total. The first-order valence-corrected chi connectivity index (χ1v) is 10.3. The number of carbonyl (C=O) groups is 2. The number of hydrogen-bond donors (Lipinski definition) is 1. The van der Waals surface area contributed by atoms with Crippen LogP contribution in [0, 0.1) is 0 Å². The number of carbonyl (C=O) groups excluding carboxylic acids is 2. The number of para-hydroxylation sites is 1. The molecule has 160 valence electrons. The normalized spacial score (nSPS) is 12.1. The molecule has 0 unspecified atom stereocenters. The Labute approximate surface area is 182 Å². The van der Waals surface area contributed by atoms with E-state index in [0.29, 0.717) is 6.54 Å². The van der Waals surface area contributed by atoms with Gasteiger partial charge >= 0.3 is 5.97 Å². The number of ether oxygens (including phenoxy) is 1. The van der Waals surface area contributed by atoms with Gasteiger partial charge in [0, 0.05) is 23.5 Å². The van der Waals surface area contributed by atoms with E-state index in [9.17, 15) is 9.59 Å². The summed E-state index contributed by atoms with van der Waals surface area (Å²) in [6.45, 7) is 6.31. The topological polar surface area (TPSA) is 73.2 Å². The van der Waals surface area contributed by atoms with Crippen molar-refractivity contribution in [1.82, 2.24) is 9.78 Å². The van der Waals surface area contributed by atoms with E-state index in [-0.39, 0.29) is 11.8 Å². The summed E-state index contributed by atoms with van der Waals surface area (Å²) in [5, 5.41) is 7.14. The first-order chi connectivity index (χ1) is 14.9. The molecule has 1 atom stereocenters. The number of hydrogen-bond acceptors (Lipinski definition) is 4. The van der Waals surface area contributed by atoms with Gasteiger partial charge in [-0.15, -0.1) is 0 Å². The van der Waals surface area contributed by atoms with Crippen LogP contribution in [-0.2, 0) is 20.9 Å². The molecule has 6 heteroatoms. The summed E-state index contributed by atoms with van der Waals surface area (Å²) in [5.74, 6) is -0.693. The van der Waals surface area contributed by atoms with Crippen LogP contribution < -0.4 is 5.32 Å². The molecule has 1 N–H and O–H groups in total. The molecule has 2 aromatic carbocycles. The quantitative estimate of drug-likeness (QED) is 0.428. The average Bonchev–Trinajstić information content (AvgIpc) is 3.20. The third-order valence-corrected chi connectivity index (χ3v) is 4.76. The number of aromatic nitrogens is 2. The standard InChI is InChI=1S/C25H27N3O3/c1-18(2)22-11-7-8-12-23(22)27-25(30)19(3)31-24(29)14-13-21-15-26-28(17-21)16-20-9-5-4-6-10-20/h4-15,17-19H,16H2,1-3H3,(H,27,30)/b14-13+/t19-/m0/s1. The molecule has 0 bridgehead atoms. The van der Waals surface area contributed by atoms with Crippen molar-refractivity contribution in [3.63, 3.8) is 0 Å². The number of amides is 1. The molecule has 1 aromatic heterocycles. The van der Waals surface area contributed by atoms with Crippen molar-refractivity contribution in [3.05, 3.63) is 89.8 Å². The highest BCUT2D eigenvalue weighted by molar-refractivity contribution is 5.97. The molecule has 0 spiro atoms. The van der Waals surface area contributed by atoms with Crippen molar-refractivity contribution in [2.24, 2.45) is 0 Å². The molecule has 3 aromatic rings. The van der Waals surface area contributed by atoms with Crippen molar-refractivity contribution < 1.29 is 14.3 Å². The number of nitrogens with zero attached hydrogens (tertiary/aromatic N) is 2. The lowest BCUT2D eigenvalue weighted by molar-refractivity contribution is -0.148. The molecule has 0 aliphatic carbocycles. The van der Waals surface area contributed by atoms with E-state index in [1.54, 1.807) is 23.9 Å². The summed E-state index contributed by atoms with van der Waals surface area (Å²) >= 11 is 0. The van der Waals surface area contributed by atoms with E-state index in [2.05, 4.69) is 24.3 Å². The van der Waals surface area contributed by atoms with Gasteiger partial charge in [0.05, 0.1) is 12.7 Å². The summed E-state index contributed by atoms with van der Waals surface area (Å²) in [6, 6.07) is 17.6. The van der Waals surface area contributed by atoms with E-state index < -0.39 is 12.1 Å². The van der Waals surface area contributed by atoms with Crippen molar-refractivity contribution in [3.8, 4) is 0 Å². The lowest BCUT2D eigenvalue weighted by Gasteiger charge is -2.16. The van der Waals surface area contributed by atoms with Crippen LogP contribution in [0.2, 0.25) is 0 Å². The van der Waals surface area contributed by atoms with Crippen molar-refractivity contribution in [2.45, 2.75) is 39.3 Å². The number of anilines is 1. The van der Waals surface area contributed by atoms with Gasteiger partial charge in [0.1, 0.15) is 0 Å². The molecular formula is C25H27N3O3. The van der Waals surface area contributed by atoms with E-state index in [4.69, 9.17) is 4.74 Å². The molecular weight excluding hydrogens is 390 g/mol. The summed E-state index contributed by atoms with van der Waals surface area (Å²) in [6.07, 6.45) is 5.52.